The maximum absolute atomic E-state index is 13.4. The van der Waals surface area contributed by atoms with Gasteiger partial charge in [0.05, 0.1) is 21.3 Å². The highest BCUT2D eigenvalue weighted by molar-refractivity contribution is 6.01. The van der Waals surface area contributed by atoms with Gasteiger partial charge in [-0.1, -0.05) is 26.0 Å². The molecule has 1 aromatic carbocycles. The van der Waals surface area contributed by atoms with Crippen molar-refractivity contribution in [1.29, 1.82) is 0 Å². The molecule has 0 amide bonds. The van der Waals surface area contributed by atoms with Crippen LogP contribution < -0.4 is 0 Å². The number of rotatable bonds is 6. The van der Waals surface area contributed by atoms with Crippen molar-refractivity contribution in [1.82, 2.24) is 0 Å². The fourth-order valence-electron chi connectivity index (χ4n) is 4.40. The molecule has 0 spiro atoms. The number of Topliss-reactive ketones (excluding diaryl/α,β-unsaturated/α-hetero) is 1. The Morgan fingerprint density at radius 2 is 1.65 bits per heavy atom. The molecule has 2 aliphatic heterocycles. The molecule has 0 saturated carbocycles. The van der Waals surface area contributed by atoms with Crippen LogP contribution in [-0.4, -0.2) is 58.0 Å². The van der Waals surface area contributed by atoms with Gasteiger partial charge in [0.25, 0.3) is 0 Å². The highest BCUT2D eigenvalue weighted by Gasteiger charge is 2.44. The largest absolute Gasteiger partial charge is 0.484 e. The van der Waals surface area contributed by atoms with Crippen molar-refractivity contribution in [2.75, 3.05) is 34.4 Å². The molecule has 3 unspecified atom stereocenters. The van der Waals surface area contributed by atoms with Crippen LogP contribution >= 0.6 is 0 Å². The highest BCUT2D eigenvalue weighted by atomic mass is 19.1. The van der Waals surface area contributed by atoms with Gasteiger partial charge in [-0.2, -0.15) is 0 Å². The lowest BCUT2D eigenvalue weighted by Crippen LogP contribution is -2.40. The Morgan fingerprint density at radius 3 is 2.15 bits per heavy atom. The van der Waals surface area contributed by atoms with E-state index >= 15 is 0 Å². The summed E-state index contributed by atoms with van der Waals surface area (Å²) in [6.07, 6.45) is 5.07. The van der Waals surface area contributed by atoms with Crippen LogP contribution in [0.5, 0.6) is 0 Å². The van der Waals surface area contributed by atoms with Gasteiger partial charge in [0.15, 0.2) is 11.8 Å². The second-order valence-corrected chi connectivity index (χ2v) is 8.74. The molecule has 1 aromatic rings. The molecule has 0 aromatic heterocycles. The topological polar surface area (TPSA) is 86.6 Å². The van der Waals surface area contributed by atoms with Crippen LogP contribution in [0.15, 0.2) is 34.3 Å². The van der Waals surface area contributed by atoms with E-state index in [0.29, 0.717) is 18.0 Å². The summed E-state index contributed by atoms with van der Waals surface area (Å²) in [7, 11) is 4.50. The second-order valence-electron chi connectivity index (χ2n) is 8.74. The van der Waals surface area contributed by atoms with Gasteiger partial charge in [0, 0.05) is 37.3 Å². The molecule has 2 aliphatic rings. The Balaban J connectivity index is 0.000000430. The number of benzene rings is 1. The van der Waals surface area contributed by atoms with Crippen LogP contribution in [0.1, 0.15) is 57.4 Å². The summed E-state index contributed by atoms with van der Waals surface area (Å²) in [6, 6.07) is 5.91. The summed E-state index contributed by atoms with van der Waals surface area (Å²) < 4.78 is 28.8. The standard InChI is InChI=1S/C20H26FNO4.C6H11NO/c1-12(2)18(23)17(20(24)26-4)16(13-7-9-14(21)10-8-13)15-6-5-11-22-19(15)25-3;1-8-6-4-2-3-5-7-6/h7-10,12,15-17H,5-6,11H2,1-4H3;2-5H2,1H3. The maximum atomic E-state index is 13.4. The normalized spacial score (nSPS) is 19.6. The van der Waals surface area contributed by atoms with Crippen molar-refractivity contribution in [2.45, 2.75) is 51.9 Å². The molecule has 0 N–H and O–H groups in total. The first-order chi connectivity index (χ1) is 16.3. The Morgan fingerprint density at radius 1 is 0.971 bits per heavy atom. The first kappa shape index (κ1) is 27.5. The van der Waals surface area contributed by atoms with Crippen LogP contribution in [0.25, 0.3) is 0 Å². The van der Waals surface area contributed by atoms with Crippen molar-refractivity contribution in [3.05, 3.63) is 35.6 Å². The molecular weight excluding hydrogens is 439 g/mol. The predicted molar refractivity (Wildman–Crippen MR) is 130 cm³/mol. The molecule has 34 heavy (non-hydrogen) atoms. The fraction of sp³-hybridized carbons (Fsp3) is 0.615. The predicted octanol–water partition coefficient (Wildman–Crippen LogP) is 4.59. The molecule has 0 aliphatic carbocycles. The van der Waals surface area contributed by atoms with Crippen LogP contribution in [0.3, 0.4) is 0 Å². The van der Waals surface area contributed by atoms with E-state index in [4.69, 9.17) is 14.2 Å². The van der Waals surface area contributed by atoms with Crippen molar-refractivity contribution < 1.29 is 28.2 Å². The molecular formula is C26H37FN2O5. The summed E-state index contributed by atoms with van der Waals surface area (Å²) in [6.45, 7) is 5.12. The van der Waals surface area contributed by atoms with Gasteiger partial charge in [0.1, 0.15) is 17.5 Å². The number of ketones is 1. The molecule has 0 saturated heterocycles. The van der Waals surface area contributed by atoms with Gasteiger partial charge in [-0.25, -0.2) is 4.39 Å². The van der Waals surface area contributed by atoms with Crippen LogP contribution in [0, 0.1) is 23.6 Å². The summed E-state index contributed by atoms with van der Waals surface area (Å²) in [5.41, 5.74) is 0.701. The van der Waals surface area contributed by atoms with E-state index < -0.39 is 17.8 Å². The van der Waals surface area contributed by atoms with Crippen LogP contribution in [-0.2, 0) is 23.8 Å². The maximum Gasteiger partial charge on any atom is 0.316 e. The summed E-state index contributed by atoms with van der Waals surface area (Å²) in [4.78, 5) is 34.1. The number of aliphatic imine (C=N–C) groups is 2. The lowest BCUT2D eigenvalue weighted by molar-refractivity contribution is -0.151. The Hall–Kier alpha value is -2.77. The van der Waals surface area contributed by atoms with Gasteiger partial charge in [-0.05, 0) is 43.4 Å². The minimum atomic E-state index is -0.992. The minimum Gasteiger partial charge on any atom is -0.484 e. The molecule has 8 heteroatoms. The summed E-state index contributed by atoms with van der Waals surface area (Å²) in [5, 5.41) is 0. The third kappa shape index (κ3) is 7.37. The molecule has 0 fully saturated rings. The molecule has 2 heterocycles. The van der Waals surface area contributed by atoms with Gasteiger partial charge >= 0.3 is 5.97 Å². The number of methoxy groups -OCH3 is 3. The molecule has 0 bridgehead atoms. The number of hydrogen-bond acceptors (Lipinski definition) is 7. The lowest BCUT2D eigenvalue weighted by Gasteiger charge is -2.34. The van der Waals surface area contributed by atoms with Crippen molar-refractivity contribution in [3.8, 4) is 0 Å². The first-order valence-corrected chi connectivity index (χ1v) is 11.9. The summed E-state index contributed by atoms with van der Waals surface area (Å²) in [5.74, 6) is -1.80. The van der Waals surface area contributed by atoms with Gasteiger partial charge in [0.2, 0.25) is 0 Å². The van der Waals surface area contributed by atoms with E-state index in [2.05, 4.69) is 9.98 Å². The Labute approximate surface area is 201 Å². The molecule has 0 radical (unpaired) electrons. The minimum absolute atomic E-state index is 0.202. The Bertz CT molecular complexity index is 866. The van der Waals surface area contributed by atoms with Crippen LogP contribution in [0.2, 0.25) is 0 Å². The first-order valence-electron chi connectivity index (χ1n) is 11.9. The number of nitrogens with zero attached hydrogens (tertiary/aromatic N) is 2. The van der Waals surface area contributed by atoms with E-state index in [0.717, 1.165) is 31.7 Å². The van der Waals surface area contributed by atoms with E-state index in [9.17, 15) is 14.0 Å². The molecule has 7 nitrogen and oxygen atoms in total. The van der Waals surface area contributed by atoms with Gasteiger partial charge < -0.3 is 14.2 Å². The average Bonchev–Trinajstić information content (AvgIpc) is 2.88. The zero-order valence-electron chi connectivity index (χ0n) is 20.9. The smallest absolute Gasteiger partial charge is 0.316 e. The van der Waals surface area contributed by atoms with Crippen molar-refractivity contribution in [3.63, 3.8) is 0 Å². The summed E-state index contributed by atoms with van der Waals surface area (Å²) >= 11 is 0. The lowest BCUT2D eigenvalue weighted by atomic mass is 9.71. The molecule has 3 rings (SSSR count). The van der Waals surface area contributed by atoms with Gasteiger partial charge in [-0.3, -0.25) is 19.6 Å². The zero-order valence-corrected chi connectivity index (χ0v) is 20.9. The van der Waals surface area contributed by atoms with E-state index in [1.807, 2.05) is 0 Å². The average molecular weight is 477 g/mol. The number of carbonyl (C=O) groups excluding carboxylic acids is 2. The van der Waals surface area contributed by atoms with Crippen molar-refractivity contribution >= 4 is 23.5 Å². The third-order valence-electron chi connectivity index (χ3n) is 6.17. The van der Waals surface area contributed by atoms with Gasteiger partial charge in [-0.15, -0.1) is 0 Å². The monoisotopic (exact) mass is 476 g/mol. The highest BCUT2D eigenvalue weighted by Crippen LogP contribution is 2.40. The number of halogens is 1. The van der Waals surface area contributed by atoms with E-state index in [1.54, 1.807) is 33.1 Å². The third-order valence-corrected chi connectivity index (χ3v) is 6.17. The van der Waals surface area contributed by atoms with Crippen LogP contribution in [0.4, 0.5) is 4.39 Å². The SMILES string of the molecule is COC(=O)C(C(=O)C(C)C)C(c1ccc(F)cc1)C1CCCN=C1OC.COC1=NCCCC1. The Kier molecular flexibility index (Phi) is 11.2. The molecule has 3 atom stereocenters. The van der Waals surface area contributed by atoms with E-state index in [-0.39, 0.29) is 23.4 Å². The number of esters is 1. The quantitative estimate of drug-likeness (QED) is 0.443. The number of ether oxygens (including phenoxy) is 3. The number of carbonyl (C=O) groups is 2. The zero-order chi connectivity index (χ0) is 25.1. The van der Waals surface area contributed by atoms with E-state index in [1.165, 1.54) is 39.2 Å². The molecule has 188 valence electrons. The second kappa shape index (κ2) is 13.8. The van der Waals surface area contributed by atoms with Crippen molar-refractivity contribution in [2.24, 2.45) is 27.7 Å². The number of hydrogen-bond donors (Lipinski definition) is 0. The fourth-order valence-corrected chi connectivity index (χ4v) is 4.40.